The zero-order chi connectivity index (χ0) is 13.0. The van der Waals surface area contributed by atoms with E-state index in [4.69, 9.17) is 10.5 Å². The quantitative estimate of drug-likeness (QED) is 0.843. The van der Waals surface area contributed by atoms with Gasteiger partial charge in [-0.3, -0.25) is 14.2 Å². The monoisotopic (exact) mass is 245 g/mol. The van der Waals surface area contributed by atoms with E-state index < -0.39 is 5.91 Å². The highest BCUT2D eigenvalue weighted by Crippen LogP contribution is 2.03. The maximum atomic E-state index is 11.6. The highest BCUT2D eigenvalue weighted by atomic mass is 16.5. The molecular weight excluding hydrogens is 234 g/mol. The van der Waals surface area contributed by atoms with Crippen LogP contribution in [0.25, 0.3) is 0 Å². The third kappa shape index (κ3) is 2.73. The summed E-state index contributed by atoms with van der Waals surface area (Å²) in [7, 11) is 0. The summed E-state index contributed by atoms with van der Waals surface area (Å²) in [6.07, 6.45) is 3.04. The van der Waals surface area contributed by atoms with E-state index in [0.29, 0.717) is 5.88 Å². The first kappa shape index (κ1) is 11.8. The molecule has 18 heavy (non-hydrogen) atoms. The Kier molecular flexibility index (Phi) is 3.38. The van der Waals surface area contributed by atoms with E-state index in [-0.39, 0.29) is 17.9 Å². The number of hydrogen-bond acceptors (Lipinski definition) is 4. The summed E-state index contributed by atoms with van der Waals surface area (Å²) in [5, 5.41) is 0. The molecule has 6 heteroatoms. The number of pyridine rings is 2. The van der Waals surface area contributed by atoms with Crippen molar-refractivity contribution in [1.82, 2.24) is 9.55 Å². The molecule has 92 valence electrons. The highest BCUT2D eigenvalue weighted by molar-refractivity contribution is 5.92. The summed E-state index contributed by atoms with van der Waals surface area (Å²) < 4.78 is 6.62. The fourth-order valence-corrected chi connectivity index (χ4v) is 1.34. The van der Waals surface area contributed by atoms with Gasteiger partial charge in [0.1, 0.15) is 0 Å². The number of carbonyl (C=O) groups is 1. The predicted octanol–water partition coefficient (Wildman–Crippen LogP) is 0.379. The molecule has 1 amide bonds. The van der Waals surface area contributed by atoms with Crippen LogP contribution in [-0.4, -0.2) is 15.5 Å². The molecule has 0 radical (unpaired) electrons. The second-order valence-electron chi connectivity index (χ2n) is 3.53. The first-order chi connectivity index (χ1) is 8.66. The summed E-state index contributed by atoms with van der Waals surface area (Å²) in [4.78, 5) is 26.5. The Balaban J connectivity index is 2.11. The van der Waals surface area contributed by atoms with Gasteiger partial charge in [-0.15, -0.1) is 0 Å². The van der Waals surface area contributed by atoms with Gasteiger partial charge in [0.05, 0.1) is 0 Å². The van der Waals surface area contributed by atoms with E-state index in [2.05, 4.69) is 4.98 Å². The van der Waals surface area contributed by atoms with Crippen LogP contribution in [0.5, 0.6) is 5.88 Å². The Hall–Kier alpha value is -2.63. The number of carbonyl (C=O) groups excluding carboxylic acids is 1. The Morgan fingerprint density at radius 1 is 1.39 bits per heavy atom. The Bertz CT molecular complexity index is 607. The molecule has 2 N–H and O–H groups in total. The van der Waals surface area contributed by atoms with Crippen molar-refractivity contribution in [3.63, 3.8) is 0 Å². The minimum atomic E-state index is -0.634. The molecule has 0 bridgehead atoms. The second-order valence-corrected chi connectivity index (χ2v) is 3.53. The third-order valence-electron chi connectivity index (χ3n) is 2.27. The van der Waals surface area contributed by atoms with Gasteiger partial charge < -0.3 is 10.5 Å². The number of primary amides is 1. The highest BCUT2D eigenvalue weighted by Gasteiger charge is 2.03. The molecule has 0 atom stereocenters. The van der Waals surface area contributed by atoms with Crippen LogP contribution in [0.1, 0.15) is 10.4 Å². The van der Waals surface area contributed by atoms with E-state index >= 15 is 0 Å². The molecule has 2 heterocycles. The van der Waals surface area contributed by atoms with E-state index in [1.807, 2.05) is 0 Å². The zero-order valence-corrected chi connectivity index (χ0v) is 9.45. The van der Waals surface area contributed by atoms with Crippen LogP contribution < -0.4 is 16.0 Å². The van der Waals surface area contributed by atoms with Gasteiger partial charge in [-0.2, -0.15) is 0 Å². The average molecular weight is 245 g/mol. The van der Waals surface area contributed by atoms with Crippen molar-refractivity contribution in [2.24, 2.45) is 5.73 Å². The first-order valence-corrected chi connectivity index (χ1v) is 5.21. The number of nitrogens with two attached hydrogens (primary N) is 1. The number of aromatic nitrogens is 2. The molecule has 0 fully saturated rings. The number of amides is 1. The van der Waals surface area contributed by atoms with Crippen LogP contribution in [0.3, 0.4) is 0 Å². The Morgan fingerprint density at radius 2 is 2.22 bits per heavy atom. The molecule has 2 aromatic heterocycles. The molecule has 0 aliphatic heterocycles. The Morgan fingerprint density at radius 3 is 2.83 bits per heavy atom. The maximum absolute atomic E-state index is 11.6. The SMILES string of the molecule is NC(=O)c1ccn(COc2ccccn2)c(=O)c1. The molecule has 0 aliphatic carbocycles. The van der Waals surface area contributed by atoms with Gasteiger partial charge in [-0.25, -0.2) is 4.98 Å². The van der Waals surface area contributed by atoms with E-state index in [9.17, 15) is 9.59 Å². The number of rotatable bonds is 4. The molecule has 0 saturated heterocycles. The second kappa shape index (κ2) is 5.13. The van der Waals surface area contributed by atoms with Gasteiger partial charge in [-0.05, 0) is 12.1 Å². The minimum absolute atomic E-state index is 0.0227. The van der Waals surface area contributed by atoms with Crippen molar-refractivity contribution in [3.8, 4) is 5.88 Å². The summed E-state index contributed by atoms with van der Waals surface area (Å²) in [6, 6.07) is 7.86. The smallest absolute Gasteiger partial charge is 0.254 e. The number of ether oxygens (including phenoxy) is 1. The summed E-state index contributed by atoms with van der Waals surface area (Å²) in [6.45, 7) is 0.0227. The molecule has 0 aliphatic rings. The summed E-state index contributed by atoms with van der Waals surface area (Å²) in [5.41, 5.74) is 4.89. The largest absolute Gasteiger partial charge is 0.456 e. The first-order valence-electron chi connectivity index (χ1n) is 5.21. The van der Waals surface area contributed by atoms with E-state index in [0.717, 1.165) is 0 Å². The van der Waals surface area contributed by atoms with Gasteiger partial charge in [0.25, 0.3) is 5.56 Å². The normalized spacial score (nSPS) is 10.0. The van der Waals surface area contributed by atoms with Gasteiger partial charge in [-0.1, -0.05) is 6.07 Å². The molecule has 2 aromatic rings. The van der Waals surface area contributed by atoms with Gasteiger partial charge in [0, 0.05) is 30.1 Å². The van der Waals surface area contributed by atoms with Crippen LogP contribution in [-0.2, 0) is 6.73 Å². The third-order valence-corrected chi connectivity index (χ3v) is 2.27. The van der Waals surface area contributed by atoms with Crippen LogP contribution in [0.15, 0.2) is 47.5 Å². The molecule has 0 unspecified atom stereocenters. The lowest BCUT2D eigenvalue weighted by Crippen LogP contribution is -2.24. The van der Waals surface area contributed by atoms with Gasteiger partial charge in [0.15, 0.2) is 6.73 Å². The lowest BCUT2D eigenvalue weighted by molar-refractivity contribution is 0.0999. The Labute approximate surface area is 103 Å². The van der Waals surface area contributed by atoms with E-state index in [1.165, 1.54) is 22.9 Å². The lowest BCUT2D eigenvalue weighted by Gasteiger charge is -2.07. The van der Waals surface area contributed by atoms with Crippen molar-refractivity contribution in [2.75, 3.05) is 0 Å². The van der Waals surface area contributed by atoms with Crippen molar-refractivity contribution in [2.45, 2.75) is 6.73 Å². The van der Waals surface area contributed by atoms with Gasteiger partial charge >= 0.3 is 0 Å². The van der Waals surface area contributed by atoms with Crippen LogP contribution >= 0.6 is 0 Å². The molecule has 0 saturated carbocycles. The van der Waals surface area contributed by atoms with Gasteiger partial charge in [0.2, 0.25) is 11.8 Å². The number of hydrogen-bond donors (Lipinski definition) is 1. The topological polar surface area (TPSA) is 87.2 Å². The minimum Gasteiger partial charge on any atom is -0.456 e. The number of nitrogens with zero attached hydrogens (tertiary/aromatic N) is 2. The average Bonchev–Trinajstić information content (AvgIpc) is 2.38. The summed E-state index contributed by atoms with van der Waals surface area (Å²) >= 11 is 0. The molecule has 0 aromatic carbocycles. The van der Waals surface area contributed by atoms with Crippen molar-refractivity contribution >= 4 is 5.91 Å². The van der Waals surface area contributed by atoms with Crippen LogP contribution in [0, 0.1) is 0 Å². The van der Waals surface area contributed by atoms with Crippen molar-refractivity contribution < 1.29 is 9.53 Å². The fraction of sp³-hybridized carbons (Fsp3) is 0.0833. The lowest BCUT2D eigenvalue weighted by atomic mass is 10.2. The molecule has 6 nitrogen and oxygen atoms in total. The fourth-order valence-electron chi connectivity index (χ4n) is 1.34. The van der Waals surface area contributed by atoms with Crippen LogP contribution in [0.4, 0.5) is 0 Å². The standard InChI is InChI=1S/C12H11N3O3/c13-12(17)9-4-6-15(11(16)7-9)8-18-10-3-1-2-5-14-10/h1-7H,8H2,(H2,13,17). The summed E-state index contributed by atoms with van der Waals surface area (Å²) in [5.74, 6) is -0.215. The molecule has 2 rings (SSSR count). The van der Waals surface area contributed by atoms with Crippen molar-refractivity contribution in [1.29, 1.82) is 0 Å². The predicted molar refractivity (Wildman–Crippen MR) is 64.1 cm³/mol. The molecular formula is C12H11N3O3. The van der Waals surface area contributed by atoms with Crippen molar-refractivity contribution in [3.05, 3.63) is 58.6 Å². The van der Waals surface area contributed by atoms with Crippen LogP contribution in [0.2, 0.25) is 0 Å². The molecule has 0 spiro atoms. The maximum Gasteiger partial charge on any atom is 0.254 e. The zero-order valence-electron chi connectivity index (χ0n) is 9.45. The van der Waals surface area contributed by atoms with E-state index in [1.54, 1.807) is 24.4 Å².